The lowest BCUT2D eigenvalue weighted by molar-refractivity contribution is 0.0176. The van der Waals surface area contributed by atoms with Crippen molar-refractivity contribution in [1.29, 1.82) is 5.26 Å². The van der Waals surface area contributed by atoms with Crippen LogP contribution in [0.5, 0.6) is 0 Å². The average molecular weight is 267 g/mol. The van der Waals surface area contributed by atoms with Gasteiger partial charge in [-0.05, 0) is 25.0 Å². The fourth-order valence-electron chi connectivity index (χ4n) is 1.68. The lowest BCUT2D eigenvalue weighted by Gasteiger charge is -2.30. The summed E-state index contributed by atoms with van der Waals surface area (Å²) >= 11 is 6.06. The van der Waals surface area contributed by atoms with E-state index in [1.54, 1.807) is 25.1 Å². The van der Waals surface area contributed by atoms with Crippen molar-refractivity contribution in [2.24, 2.45) is 5.92 Å². The normalized spacial score (nSPS) is 15.6. The SMILES string of the molecule is CCC(C)C(C)(O)CNc1c(Cl)cccc1C#N. The summed E-state index contributed by atoms with van der Waals surface area (Å²) < 4.78 is 0. The Bertz CT molecular complexity index is 452. The molecule has 4 heteroatoms. The smallest absolute Gasteiger partial charge is 0.101 e. The molecular formula is C14H19ClN2O. The van der Waals surface area contributed by atoms with E-state index >= 15 is 0 Å². The number of hydrogen-bond acceptors (Lipinski definition) is 3. The number of halogens is 1. The van der Waals surface area contributed by atoms with Gasteiger partial charge in [-0.1, -0.05) is 37.9 Å². The molecule has 0 amide bonds. The van der Waals surface area contributed by atoms with Crippen LogP contribution in [0.2, 0.25) is 5.02 Å². The Kier molecular flexibility index (Phi) is 5.01. The van der Waals surface area contributed by atoms with Gasteiger partial charge in [0.05, 0.1) is 21.9 Å². The summed E-state index contributed by atoms with van der Waals surface area (Å²) in [5.41, 5.74) is 0.244. The summed E-state index contributed by atoms with van der Waals surface area (Å²) in [6.07, 6.45) is 0.891. The number of aliphatic hydroxyl groups is 1. The molecule has 0 radical (unpaired) electrons. The van der Waals surface area contributed by atoms with Crippen LogP contribution in [0.3, 0.4) is 0 Å². The molecule has 0 aliphatic rings. The zero-order valence-corrected chi connectivity index (χ0v) is 11.8. The van der Waals surface area contributed by atoms with Crippen LogP contribution in [-0.2, 0) is 0 Å². The van der Waals surface area contributed by atoms with Gasteiger partial charge in [-0.15, -0.1) is 0 Å². The average Bonchev–Trinajstić information content (AvgIpc) is 2.35. The third-order valence-corrected chi connectivity index (χ3v) is 3.75. The van der Waals surface area contributed by atoms with Crippen molar-refractivity contribution >= 4 is 17.3 Å². The van der Waals surface area contributed by atoms with Crippen LogP contribution in [0.4, 0.5) is 5.69 Å². The minimum absolute atomic E-state index is 0.165. The largest absolute Gasteiger partial charge is 0.388 e. The summed E-state index contributed by atoms with van der Waals surface area (Å²) in [7, 11) is 0. The molecular weight excluding hydrogens is 248 g/mol. The molecule has 0 saturated heterocycles. The number of hydrogen-bond donors (Lipinski definition) is 2. The van der Waals surface area contributed by atoms with Crippen LogP contribution in [-0.4, -0.2) is 17.3 Å². The van der Waals surface area contributed by atoms with Gasteiger partial charge in [-0.2, -0.15) is 5.26 Å². The second-order valence-electron chi connectivity index (χ2n) is 4.79. The van der Waals surface area contributed by atoms with Gasteiger partial charge < -0.3 is 10.4 Å². The fraction of sp³-hybridized carbons (Fsp3) is 0.500. The zero-order valence-electron chi connectivity index (χ0n) is 11.0. The molecule has 98 valence electrons. The molecule has 18 heavy (non-hydrogen) atoms. The first-order valence-electron chi connectivity index (χ1n) is 6.07. The van der Waals surface area contributed by atoms with Crippen LogP contribution in [0, 0.1) is 17.2 Å². The first kappa shape index (κ1) is 14.8. The van der Waals surface area contributed by atoms with Crippen LogP contribution < -0.4 is 5.32 Å². The van der Waals surface area contributed by atoms with E-state index in [1.807, 2.05) is 13.8 Å². The summed E-state index contributed by atoms with van der Waals surface area (Å²) in [6.45, 7) is 6.19. The van der Waals surface area contributed by atoms with E-state index < -0.39 is 5.60 Å². The van der Waals surface area contributed by atoms with E-state index in [9.17, 15) is 5.11 Å². The van der Waals surface area contributed by atoms with Crippen molar-refractivity contribution in [2.75, 3.05) is 11.9 Å². The Morgan fingerprint density at radius 3 is 2.78 bits per heavy atom. The highest BCUT2D eigenvalue weighted by atomic mass is 35.5. The number of rotatable bonds is 5. The molecule has 1 aromatic rings. The van der Waals surface area contributed by atoms with Gasteiger partial charge >= 0.3 is 0 Å². The van der Waals surface area contributed by atoms with Crippen molar-refractivity contribution in [1.82, 2.24) is 0 Å². The van der Waals surface area contributed by atoms with Gasteiger partial charge in [-0.25, -0.2) is 0 Å². The maximum absolute atomic E-state index is 10.3. The van der Waals surface area contributed by atoms with Gasteiger partial charge in [0, 0.05) is 6.54 Å². The standard InChI is InChI=1S/C14H19ClN2O/c1-4-10(2)14(3,18)9-17-13-11(8-16)6-5-7-12(13)15/h5-7,10,17-18H,4,9H2,1-3H3. The topological polar surface area (TPSA) is 56.0 Å². The molecule has 3 nitrogen and oxygen atoms in total. The fourth-order valence-corrected chi connectivity index (χ4v) is 1.92. The Balaban J connectivity index is 2.84. The van der Waals surface area contributed by atoms with Gasteiger partial charge in [0.2, 0.25) is 0 Å². The second-order valence-corrected chi connectivity index (χ2v) is 5.20. The van der Waals surface area contributed by atoms with Gasteiger partial charge in [0.1, 0.15) is 6.07 Å². The van der Waals surface area contributed by atoms with E-state index in [0.29, 0.717) is 22.8 Å². The molecule has 0 bridgehead atoms. The van der Waals surface area contributed by atoms with Crippen LogP contribution >= 0.6 is 11.6 Å². The van der Waals surface area contributed by atoms with Gasteiger partial charge in [0.25, 0.3) is 0 Å². The molecule has 0 heterocycles. The molecule has 0 aromatic heterocycles. The van der Waals surface area contributed by atoms with E-state index in [-0.39, 0.29) is 5.92 Å². The minimum Gasteiger partial charge on any atom is -0.388 e. The Morgan fingerprint density at radius 2 is 2.22 bits per heavy atom. The Labute approximate surface area is 113 Å². The zero-order chi connectivity index (χ0) is 13.8. The highest BCUT2D eigenvalue weighted by Gasteiger charge is 2.27. The lowest BCUT2D eigenvalue weighted by atomic mass is 9.88. The number of nitrogens with zero attached hydrogens (tertiary/aromatic N) is 1. The quantitative estimate of drug-likeness (QED) is 0.859. The molecule has 1 aromatic carbocycles. The molecule has 0 saturated carbocycles. The second kappa shape index (κ2) is 6.08. The van der Waals surface area contributed by atoms with Crippen molar-refractivity contribution in [2.45, 2.75) is 32.8 Å². The number of benzene rings is 1. The third-order valence-electron chi connectivity index (χ3n) is 3.43. The van der Waals surface area contributed by atoms with E-state index in [2.05, 4.69) is 11.4 Å². The third kappa shape index (κ3) is 3.38. The first-order valence-corrected chi connectivity index (χ1v) is 6.45. The maximum atomic E-state index is 10.3. The summed E-state index contributed by atoms with van der Waals surface area (Å²) in [4.78, 5) is 0. The van der Waals surface area contributed by atoms with Crippen LogP contribution in [0.25, 0.3) is 0 Å². The summed E-state index contributed by atoms with van der Waals surface area (Å²) in [5, 5.41) is 22.9. The van der Waals surface area contributed by atoms with E-state index in [0.717, 1.165) is 6.42 Å². The summed E-state index contributed by atoms with van der Waals surface area (Å²) in [6, 6.07) is 7.25. The van der Waals surface area contributed by atoms with Crippen LogP contribution in [0.15, 0.2) is 18.2 Å². The first-order chi connectivity index (χ1) is 8.42. The predicted molar refractivity (Wildman–Crippen MR) is 74.7 cm³/mol. The molecule has 0 spiro atoms. The van der Waals surface area contributed by atoms with Gasteiger partial charge in [0.15, 0.2) is 0 Å². The highest BCUT2D eigenvalue weighted by molar-refractivity contribution is 6.33. The van der Waals surface area contributed by atoms with Crippen molar-refractivity contribution in [3.63, 3.8) is 0 Å². The Morgan fingerprint density at radius 1 is 1.56 bits per heavy atom. The summed E-state index contributed by atoms with van der Waals surface area (Å²) in [5.74, 6) is 0.165. The van der Waals surface area contributed by atoms with E-state index in [1.165, 1.54) is 0 Å². The molecule has 0 fully saturated rings. The lowest BCUT2D eigenvalue weighted by Crippen LogP contribution is -2.40. The van der Waals surface area contributed by atoms with Crippen molar-refractivity contribution in [3.8, 4) is 6.07 Å². The Hall–Kier alpha value is -1.24. The predicted octanol–water partition coefficient (Wildman–Crippen LogP) is 3.42. The molecule has 0 aliphatic carbocycles. The molecule has 2 atom stereocenters. The highest BCUT2D eigenvalue weighted by Crippen LogP contribution is 2.27. The number of nitriles is 1. The minimum atomic E-state index is -0.833. The van der Waals surface area contributed by atoms with E-state index in [4.69, 9.17) is 16.9 Å². The number of para-hydroxylation sites is 1. The van der Waals surface area contributed by atoms with Crippen molar-refractivity contribution in [3.05, 3.63) is 28.8 Å². The molecule has 2 N–H and O–H groups in total. The monoisotopic (exact) mass is 266 g/mol. The molecule has 2 unspecified atom stereocenters. The van der Waals surface area contributed by atoms with Crippen molar-refractivity contribution < 1.29 is 5.11 Å². The maximum Gasteiger partial charge on any atom is 0.101 e. The number of anilines is 1. The number of nitrogens with one attached hydrogen (secondary N) is 1. The molecule has 0 aliphatic heterocycles. The van der Waals surface area contributed by atoms with Gasteiger partial charge in [-0.3, -0.25) is 0 Å². The van der Waals surface area contributed by atoms with Crippen LogP contribution in [0.1, 0.15) is 32.8 Å². The molecule has 1 rings (SSSR count).